The number of hydrogen-bond acceptors (Lipinski definition) is 4. The molecule has 0 amide bonds. The molecule has 1 unspecified atom stereocenters. The van der Waals surface area contributed by atoms with E-state index in [1.54, 1.807) is 6.92 Å². The number of hydrogen-bond donors (Lipinski definition) is 1. The zero-order valence-electron chi connectivity index (χ0n) is 7.84. The van der Waals surface area contributed by atoms with Crippen LogP contribution in [0.4, 0.5) is 0 Å². The Morgan fingerprint density at radius 2 is 2.29 bits per heavy atom. The largest absolute Gasteiger partial charge is 0.480 e. The van der Waals surface area contributed by atoms with Crippen molar-refractivity contribution in [3.05, 3.63) is 0 Å². The maximum absolute atomic E-state index is 11.5. The van der Waals surface area contributed by atoms with Crippen molar-refractivity contribution in [2.45, 2.75) is 13.0 Å². The number of nitrogens with zero attached hydrogens (tertiary/aromatic N) is 1. The summed E-state index contributed by atoms with van der Waals surface area (Å²) in [5.41, 5.74) is 0. The topological polar surface area (TPSA) is 83.9 Å². The van der Waals surface area contributed by atoms with Gasteiger partial charge in [-0.1, -0.05) is 0 Å². The van der Waals surface area contributed by atoms with Gasteiger partial charge in [0.05, 0.1) is 13.2 Å². The maximum Gasteiger partial charge on any atom is 0.320 e. The first-order valence-electron chi connectivity index (χ1n) is 4.22. The summed E-state index contributed by atoms with van der Waals surface area (Å²) in [6.07, 6.45) is 0. The van der Waals surface area contributed by atoms with Gasteiger partial charge in [-0.25, -0.2) is 8.42 Å². The molecule has 7 heteroatoms. The van der Waals surface area contributed by atoms with E-state index in [2.05, 4.69) is 0 Å². The Labute approximate surface area is 82.5 Å². The lowest BCUT2D eigenvalue weighted by molar-refractivity contribution is -0.134. The molecule has 0 spiro atoms. The first-order chi connectivity index (χ1) is 6.43. The third-order valence-corrected chi connectivity index (χ3v) is 3.84. The minimum absolute atomic E-state index is 0.233. The predicted molar refractivity (Wildman–Crippen MR) is 48.4 cm³/mol. The van der Waals surface area contributed by atoms with Crippen molar-refractivity contribution in [3.63, 3.8) is 0 Å². The van der Waals surface area contributed by atoms with Crippen molar-refractivity contribution < 1.29 is 23.1 Å². The molecule has 1 heterocycles. The van der Waals surface area contributed by atoms with Gasteiger partial charge in [0.2, 0.25) is 10.0 Å². The average molecular weight is 223 g/mol. The molecule has 1 saturated heterocycles. The Bertz CT molecular complexity index is 312. The van der Waals surface area contributed by atoms with E-state index in [9.17, 15) is 13.2 Å². The predicted octanol–water partition coefficient (Wildman–Crippen LogP) is -0.878. The van der Waals surface area contributed by atoms with E-state index in [-0.39, 0.29) is 12.6 Å². The first-order valence-corrected chi connectivity index (χ1v) is 5.83. The Kier molecular flexibility index (Phi) is 3.46. The van der Waals surface area contributed by atoms with Gasteiger partial charge in [0.15, 0.2) is 5.75 Å². The second kappa shape index (κ2) is 4.24. The van der Waals surface area contributed by atoms with Crippen molar-refractivity contribution in [3.8, 4) is 0 Å². The lowest BCUT2D eigenvalue weighted by Gasteiger charge is -2.31. The van der Waals surface area contributed by atoms with Crippen LogP contribution in [0.15, 0.2) is 0 Å². The highest BCUT2D eigenvalue weighted by molar-refractivity contribution is 7.89. The molecule has 0 bridgehead atoms. The fourth-order valence-corrected chi connectivity index (χ4v) is 2.80. The zero-order chi connectivity index (χ0) is 10.8. The van der Waals surface area contributed by atoms with Gasteiger partial charge in [0.25, 0.3) is 0 Å². The molecule has 1 aliphatic heterocycles. The first kappa shape index (κ1) is 11.4. The molecule has 1 N–H and O–H groups in total. The Morgan fingerprint density at radius 1 is 1.64 bits per heavy atom. The SMILES string of the molecule is CC1COCCN1S(=O)(=O)CC(=O)O. The van der Waals surface area contributed by atoms with Gasteiger partial charge in [-0.05, 0) is 6.92 Å². The summed E-state index contributed by atoms with van der Waals surface area (Å²) >= 11 is 0. The van der Waals surface area contributed by atoms with E-state index in [0.717, 1.165) is 0 Å². The number of rotatable bonds is 3. The Hall–Kier alpha value is -0.660. The van der Waals surface area contributed by atoms with Gasteiger partial charge in [0, 0.05) is 12.6 Å². The highest BCUT2D eigenvalue weighted by Crippen LogP contribution is 2.12. The Morgan fingerprint density at radius 3 is 2.79 bits per heavy atom. The zero-order valence-corrected chi connectivity index (χ0v) is 8.66. The molecule has 0 aliphatic carbocycles. The van der Waals surface area contributed by atoms with Crippen LogP contribution in [0.2, 0.25) is 0 Å². The summed E-state index contributed by atoms with van der Waals surface area (Å²) in [6.45, 7) is 2.57. The second-order valence-corrected chi connectivity index (χ2v) is 5.11. The molecule has 82 valence electrons. The summed E-state index contributed by atoms with van der Waals surface area (Å²) in [6, 6.07) is -0.284. The molecule has 0 aromatic heterocycles. The molecule has 0 radical (unpaired) electrons. The lowest BCUT2D eigenvalue weighted by atomic mass is 10.3. The van der Waals surface area contributed by atoms with Crippen LogP contribution in [0.5, 0.6) is 0 Å². The molecular formula is C7H13NO5S. The van der Waals surface area contributed by atoms with Gasteiger partial charge >= 0.3 is 5.97 Å². The van der Waals surface area contributed by atoms with Crippen LogP contribution in [-0.2, 0) is 19.6 Å². The van der Waals surface area contributed by atoms with Gasteiger partial charge in [0.1, 0.15) is 0 Å². The third-order valence-electron chi connectivity index (χ3n) is 1.97. The van der Waals surface area contributed by atoms with Crippen LogP contribution in [-0.4, -0.2) is 55.4 Å². The smallest absolute Gasteiger partial charge is 0.320 e. The molecule has 14 heavy (non-hydrogen) atoms. The van der Waals surface area contributed by atoms with Gasteiger partial charge in [-0.2, -0.15) is 4.31 Å². The van der Waals surface area contributed by atoms with E-state index in [4.69, 9.17) is 9.84 Å². The number of carbonyl (C=O) groups is 1. The quantitative estimate of drug-likeness (QED) is 0.671. The summed E-state index contributed by atoms with van der Waals surface area (Å²) in [4.78, 5) is 10.3. The molecule has 0 saturated carbocycles. The fourth-order valence-electron chi connectivity index (χ4n) is 1.36. The van der Waals surface area contributed by atoms with E-state index in [1.807, 2.05) is 0 Å². The van der Waals surface area contributed by atoms with Crippen molar-refractivity contribution >= 4 is 16.0 Å². The van der Waals surface area contributed by atoms with E-state index in [1.165, 1.54) is 4.31 Å². The molecule has 1 atom stereocenters. The molecule has 1 rings (SSSR count). The van der Waals surface area contributed by atoms with Crippen LogP contribution < -0.4 is 0 Å². The monoisotopic (exact) mass is 223 g/mol. The van der Waals surface area contributed by atoms with Gasteiger partial charge in [-0.3, -0.25) is 4.79 Å². The fraction of sp³-hybridized carbons (Fsp3) is 0.857. The number of morpholine rings is 1. The highest BCUT2D eigenvalue weighted by atomic mass is 32.2. The van der Waals surface area contributed by atoms with Crippen LogP contribution in [0.1, 0.15) is 6.92 Å². The van der Waals surface area contributed by atoms with E-state index in [0.29, 0.717) is 13.2 Å². The summed E-state index contributed by atoms with van der Waals surface area (Å²) < 4.78 is 29.2. The normalized spacial score (nSPS) is 24.8. The molecule has 0 aromatic rings. The van der Waals surface area contributed by atoms with Crippen molar-refractivity contribution in [2.24, 2.45) is 0 Å². The minimum atomic E-state index is -3.68. The maximum atomic E-state index is 11.5. The van der Waals surface area contributed by atoms with Crippen LogP contribution >= 0.6 is 0 Å². The molecular weight excluding hydrogens is 210 g/mol. The number of carboxylic acid groups (broad SMARTS) is 1. The average Bonchev–Trinajstić information content (AvgIpc) is 2.02. The minimum Gasteiger partial charge on any atom is -0.480 e. The summed E-state index contributed by atoms with van der Waals surface area (Å²) in [5, 5.41) is 8.43. The van der Waals surface area contributed by atoms with Crippen LogP contribution in [0.3, 0.4) is 0 Å². The summed E-state index contributed by atoms with van der Waals surface area (Å²) in [5.74, 6) is -2.18. The molecule has 0 aromatic carbocycles. The van der Waals surface area contributed by atoms with Crippen molar-refractivity contribution in [2.75, 3.05) is 25.5 Å². The lowest BCUT2D eigenvalue weighted by Crippen LogP contribution is -2.48. The molecule has 1 aliphatic rings. The molecule has 1 fully saturated rings. The van der Waals surface area contributed by atoms with E-state index < -0.39 is 21.7 Å². The Balaban J connectivity index is 2.75. The van der Waals surface area contributed by atoms with Crippen LogP contribution in [0, 0.1) is 0 Å². The summed E-state index contributed by atoms with van der Waals surface area (Å²) in [7, 11) is -3.68. The van der Waals surface area contributed by atoms with Gasteiger partial charge < -0.3 is 9.84 Å². The van der Waals surface area contributed by atoms with Crippen molar-refractivity contribution in [1.29, 1.82) is 0 Å². The van der Waals surface area contributed by atoms with Crippen LogP contribution in [0.25, 0.3) is 0 Å². The molecule has 6 nitrogen and oxygen atoms in total. The number of carboxylic acids is 1. The van der Waals surface area contributed by atoms with Crippen molar-refractivity contribution in [1.82, 2.24) is 4.31 Å². The number of sulfonamides is 1. The number of aliphatic carboxylic acids is 1. The third kappa shape index (κ3) is 2.66. The standard InChI is InChI=1S/C7H13NO5S/c1-6-4-13-3-2-8(6)14(11,12)5-7(9)10/h6H,2-5H2,1H3,(H,9,10). The highest BCUT2D eigenvalue weighted by Gasteiger charge is 2.31. The van der Waals surface area contributed by atoms with Gasteiger partial charge in [-0.15, -0.1) is 0 Å². The number of ether oxygens (including phenoxy) is 1. The second-order valence-electron chi connectivity index (χ2n) is 3.18. The van der Waals surface area contributed by atoms with E-state index >= 15 is 0 Å².